The Morgan fingerprint density at radius 2 is 2.23 bits per heavy atom. The third-order valence-corrected chi connectivity index (χ3v) is 1.93. The lowest BCUT2D eigenvalue weighted by molar-refractivity contribution is -0.121. The molecule has 0 radical (unpaired) electrons. The van der Waals surface area contributed by atoms with E-state index >= 15 is 0 Å². The quantitative estimate of drug-likeness (QED) is 0.675. The van der Waals surface area contributed by atoms with Crippen molar-refractivity contribution >= 4 is 21.8 Å². The molecule has 0 fully saturated rings. The number of amides is 1. The van der Waals surface area contributed by atoms with Crippen LogP contribution in [0.5, 0.6) is 0 Å². The van der Waals surface area contributed by atoms with E-state index in [9.17, 15) is 4.79 Å². The normalized spacial score (nSPS) is 12.5. The van der Waals surface area contributed by atoms with Crippen molar-refractivity contribution < 1.29 is 14.3 Å². The zero-order valence-electron chi connectivity index (χ0n) is 8.01. The van der Waals surface area contributed by atoms with E-state index in [1.54, 1.807) is 14.2 Å². The van der Waals surface area contributed by atoms with E-state index in [0.29, 0.717) is 24.9 Å². The summed E-state index contributed by atoms with van der Waals surface area (Å²) >= 11 is 3.19. The molecule has 1 atom stereocenters. The Labute approximate surface area is 87.1 Å². The number of carbonyl (C=O) groups is 1. The standard InChI is InChI=1S/C8H16BrNO3/c1-12-6-7(13-2)5-10-8(11)3-4-9/h7H,3-6H2,1-2H3,(H,10,11). The van der Waals surface area contributed by atoms with E-state index in [1.165, 1.54) is 0 Å². The Morgan fingerprint density at radius 1 is 1.54 bits per heavy atom. The van der Waals surface area contributed by atoms with Gasteiger partial charge in [0.25, 0.3) is 0 Å². The summed E-state index contributed by atoms with van der Waals surface area (Å²) in [7, 11) is 3.20. The van der Waals surface area contributed by atoms with Gasteiger partial charge >= 0.3 is 0 Å². The molecular formula is C8H16BrNO3. The Balaban J connectivity index is 3.52. The second kappa shape index (κ2) is 8.47. The molecule has 1 N–H and O–H groups in total. The summed E-state index contributed by atoms with van der Waals surface area (Å²) in [5, 5.41) is 3.43. The molecule has 0 heterocycles. The number of nitrogens with one attached hydrogen (secondary N) is 1. The highest BCUT2D eigenvalue weighted by Gasteiger charge is 2.08. The number of methoxy groups -OCH3 is 2. The number of rotatable bonds is 7. The molecule has 0 saturated carbocycles. The van der Waals surface area contributed by atoms with Crippen molar-refractivity contribution in [2.24, 2.45) is 0 Å². The van der Waals surface area contributed by atoms with Gasteiger partial charge in [0.05, 0.1) is 12.7 Å². The maximum absolute atomic E-state index is 11.0. The van der Waals surface area contributed by atoms with Gasteiger partial charge in [-0.05, 0) is 0 Å². The Morgan fingerprint density at radius 3 is 2.69 bits per heavy atom. The van der Waals surface area contributed by atoms with Crippen LogP contribution in [0.3, 0.4) is 0 Å². The van der Waals surface area contributed by atoms with E-state index in [2.05, 4.69) is 21.2 Å². The number of alkyl halides is 1. The van der Waals surface area contributed by atoms with Crippen molar-refractivity contribution in [1.29, 1.82) is 0 Å². The number of hydrogen-bond donors (Lipinski definition) is 1. The summed E-state index contributed by atoms with van der Waals surface area (Å²) in [4.78, 5) is 11.0. The number of hydrogen-bond acceptors (Lipinski definition) is 3. The largest absolute Gasteiger partial charge is 0.382 e. The van der Waals surface area contributed by atoms with Crippen LogP contribution in [0.4, 0.5) is 0 Å². The van der Waals surface area contributed by atoms with E-state index < -0.39 is 0 Å². The number of ether oxygens (including phenoxy) is 2. The van der Waals surface area contributed by atoms with Crippen molar-refractivity contribution in [1.82, 2.24) is 5.32 Å². The van der Waals surface area contributed by atoms with Crippen LogP contribution in [0.15, 0.2) is 0 Å². The molecule has 0 spiro atoms. The topological polar surface area (TPSA) is 47.6 Å². The van der Waals surface area contributed by atoms with Crippen LogP contribution >= 0.6 is 15.9 Å². The molecule has 0 aliphatic carbocycles. The third-order valence-electron chi connectivity index (χ3n) is 1.53. The maximum Gasteiger partial charge on any atom is 0.220 e. The lowest BCUT2D eigenvalue weighted by Gasteiger charge is -2.14. The average Bonchev–Trinajstić information content (AvgIpc) is 2.12. The first kappa shape index (κ1) is 12.9. The lowest BCUT2D eigenvalue weighted by Crippen LogP contribution is -2.35. The first-order valence-electron chi connectivity index (χ1n) is 4.09. The molecule has 0 aromatic heterocycles. The molecule has 1 amide bonds. The van der Waals surface area contributed by atoms with Gasteiger partial charge in [0, 0.05) is 32.5 Å². The molecule has 0 aliphatic rings. The van der Waals surface area contributed by atoms with Crippen molar-refractivity contribution in [2.45, 2.75) is 12.5 Å². The molecule has 4 nitrogen and oxygen atoms in total. The van der Waals surface area contributed by atoms with Crippen LogP contribution in [0.1, 0.15) is 6.42 Å². The van der Waals surface area contributed by atoms with E-state index in [4.69, 9.17) is 9.47 Å². The molecule has 0 aliphatic heterocycles. The summed E-state index contributed by atoms with van der Waals surface area (Å²) in [6, 6.07) is 0. The molecule has 0 aromatic carbocycles. The monoisotopic (exact) mass is 253 g/mol. The fraction of sp³-hybridized carbons (Fsp3) is 0.875. The summed E-state index contributed by atoms with van der Waals surface area (Å²) in [5.41, 5.74) is 0. The predicted octanol–water partition coefficient (Wildman–Crippen LogP) is 0.549. The van der Waals surface area contributed by atoms with Crippen LogP contribution in [-0.4, -0.2) is 44.7 Å². The van der Waals surface area contributed by atoms with Crippen molar-refractivity contribution in [3.05, 3.63) is 0 Å². The highest BCUT2D eigenvalue weighted by molar-refractivity contribution is 9.09. The number of halogens is 1. The molecule has 0 aromatic rings. The number of carbonyl (C=O) groups excluding carboxylic acids is 1. The Bertz CT molecular complexity index is 143. The molecule has 78 valence electrons. The van der Waals surface area contributed by atoms with E-state index in [0.717, 1.165) is 0 Å². The summed E-state index contributed by atoms with van der Waals surface area (Å²) < 4.78 is 9.97. The third kappa shape index (κ3) is 6.98. The predicted molar refractivity (Wildman–Crippen MR) is 54.1 cm³/mol. The highest BCUT2D eigenvalue weighted by Crippen LogP contribution is 1.91. The van der Waals surface area contributed by atoms with Gasteiger partial charge in [-0.2, -0.15) is 0 Å². The zero-order valence-corrected chi connectivity index (χ0v) is 9.59. The van der Waals surface area contributed by atoms with E-state index in [-0.39, 0.29) is 12.0 Å². The SMILES string of the molecule is COCC(CNC(=O)CCBr)OC. The lowest BCUT2D eigenvalue weighted by atomic mass is 10.3. The van der Waals surface area contributed by atoms with Crippen molar-refractivity contribution in [3.63, 3.8) is 0 Å². The van der Waals surface area contributed by atoms with Gasteiger partial charge < -0.3 is 14.8 Å². The average molecular weight is 254 g/mol. The summed E-state index contributed by atoms with van der Waals surface area (Å²) in [6.07, 6.45) is 0.424. The minimum Gasteiger partial charge on any atom is -0.382 e. The molecule has 1 unspecified atom stereocenters. The molecular weight excluding hydrogens is 238 g/mol. The van der Waals surface area contributed by atoms with Gasteiger partial charge in [0.15, 0.2) is 0 Å². The molecule has 0 rings (SSSR count). The first-order chi connectivity index (χ1) is 6.24. The molecule has 0 bridgehead atoms. The van der Waals surface area contributed by atoms with Gasteiger partial charge in [0.1, 0.15) is 0 Å². The van der Waals surface area contributed by atoms with Crippen molar-refractivity contribution in [3.8, 4) is 0 Å². The van der Waals surface area contributed by atoms with Gasteiger partial charge in [0.2, 0.25) is 5.91 Å². The first-order valence-corrected chi connectivity index (χ1v) is 5.21. The van der Waals surface area contributed by atoms with Gasteiger partial charge in [-0.15, -0.1) is 0 Å². The smallest absolute Gasteiger partial charge is 0.220 e. The van der Waals surface area contributed by atoms with Crippen LogP contribution in [0, 0.1) is 0 Å². The zero-order chi connectivity index (χ0) is 10.1. The summed E-state index contributed by atoms with van der Waals surface area (Å²) in [6.45, 7) is 0.987. The molecule has 0 saturated heterocycles. The van der Waals surface area contributed by atoms with Crippen LogP contribution < -0.4 is 5.32 Å². The van der Waals surface area contributed by atoms with Crippen LogP contribution in [0.25, 0.3) is 0 Å². The van der Waals surface area contributed by atoms with Gasteiger partial charge in [-0.3, -0.25) is 4.79 Å². The second-order valence-corrected chi connectivity index (χ2v) is 3.35. The fourth-order valence-corrected chi connectivity index (χ4v) is 1.16. The minimum absolute atomic E-state index is 0.0232. The minimum atomic E-state index is -0.0655. The van der Waals surface area contributed by atoms with Crippen LogP contribution in [-0.2, 0) is 14.3 Å². The fourth-order valence-electron chi connectivity index (χ4n) is 0.798. The Kier molecular flexibility index (Phi) is 8.38. The maximum atomic E-state index is 11.0. The van der Waals surface area contributed by atoms with Gasteiger partial charge in [-0.1, -0.05) is 15.9 Å². The molecule has 5 heteroatoms. The second-order valence-electron chi connectivity index (χ2n) is 2.56. The van der Waals surface area contributed by atoms with Crippen LogP contribution in [0.2, 0.25) is 0 Å². The Hall–Kier alpha value is -0.130. The summed E-state index contributed by atoms with van der Waals surface area (Å²) in [5.74, 6) is 0.0232. The van der Waals surface area contributed by atoms with E-state index in [1.807, 2.05) is 0 Å². The molecule has 13 heavy (non-hydrogen) atoms. The highest BCUT2D eigenvalue weighted by atomic mass is 79.9. The van der Waals surface area contributed by atoms with Crippen molar-refractivity contribution in [2.75, 3.05) is 32.7 Å². The van der Waals surface area contributed by atoms with Gasteiger partial charge in [-0.25, -0.2) is 0 Å².